The molecule has 1 aliphatic rings. The smallest absolute Gasteiger partial charge is 0.319 e. The molecule has 1 fully saturated rings. The van der Waals surface area contributed by atoms with Crippen LogP contribution in [0.2, 0.25) is 0 Å². The summed E-state index contributed by atoms with van der Waals surface area (Å²) in [5.41, 5.74) is 2.08. The Morgan fingerprint density at radius 2 is 2.00 bits per heavy atom. The predicted molar refractivity (Wildman–Crippen MR) is 105 cm³/mol. The third-order valence-corrected chi connectivity index (χ3v) is 4.84. The van der Waals surface area contributed by atoms with Crippen molar-refractivity contribution >= 4 is 28.2 Å². The van der Waals surface area contributed by atoms with E-state index in [-0.39, 0.29) is 18.4 Å². The molecule has 27 heavy (non-hydrogen) atoms. The molecule has 2 N–H and O–H groups in total. The van der Waals surface area contributed by atoms with Gasteiger partial charge < -0.3 is 15.5 Å². The van der Waals surface area contributed by atoms with E-state index in [2.05, 4.69) is 20.5 Å². The quantitative estimate of drug-likeness (QED) is 0.726. The number of benzene rings is 2. The van der Waals surface area contributed by atoms with E-state index in [1.807, 2.05) is 30.3 Å². The molecule has 2 heterocycles. The summed E-state index contributed by atoms with van der Waals surface area (Å²) in [5, 5.41) is 7.50. The Morgan fingerprint density at radius 1 is 1.15 bits per heavy atom. The Kier molecular flexibility index (Phi) is 4.87. The topological polar surface area (TPSA) is 57.3 Å². The lowest BCUT2D eigenvalue weighted by Crippen LogP contribution is -2.28. The number of halogens is 1. The molecule has 0 spiro atoms. The molecular formula is C21H21FN4O. The van der Waals surface area contributed by atoms with Crippen LogP contribution < -0.4 is 15.5 Å². The molecule has 1 aromatic heterocycles. The van der Waals surface area contributed by atoms with Crippen LogP contribution in [0.4, 0.5) is 20.6 Å². The summed E-state index contributed by atoms with van der Waals surface area (Å²) >= 11 is 0. The maximum absolute atomic E-state index is 14.4. The molecule has 0 unspecified atom stereocenters. The average molecular weight is 364 g/mol. The zero-order valence-corrected chi connectivity index (χ0v) is 14.9. The Balaban J connectivity index is 1.39. The number of anilines is 2. The summed E-state index contributed by atoms with van der Waals surface area (Å²) in [6, 6.07) is 12.3. The van der Waals surface area contributed by atoms with Gasteiger partial charge in [-0.2, -0.15) is 0 Å². The second-order valence-electron chi connectivity index (χ2n) is 6.69. The Hall–Kier alpha value is -3.15. The molecule has 0 saturated carbocycles. The van der Waals surface area contributed by atoms with E-state index >= 15 is 0 Å². The summed E-state index contributed by atoms with van der Waals surface area (Å²) < 4.78 is 14.4. The van der Waals surface area contributed by atoms with Gasteiger partial charge in [0.05, 0.1) is 11.4 Å². The van der Waals surface area contributed by atoms with E-state index < -0.39 is 0 Å². The number of hydrogen-bond donors (Lipinski definition) is 2. The zero-order chi connectivity index (χ0) is 18.6. The lowest BCUT2D eigenvalue weighted by Gasteiger charge is -2.19. The van der Waals surface area contributed by atoms with Gasteiger partial charge in [0.2, 0.25) is 0 Å². The van der Waals surface area contributed by atoms with Crippen molar-refractivity contribution in [1.82, 2.24) is 10.3 Å². The summed E-state index contributed by atoms with van der Waals surface area (Å²) in [7, 11) is 0. The normalized spacial score (nSPS) is 13.7. The van der Waals surface area contributed by atoms with Gasteiger partial charge in [0.15, 0.2) is 0 Å². The van der Waals surface area contributed by atoms with Gasteiger partial charge >= 0.3 is 6.03 Å². The summed E-state index contributed by atoms with van der Waals surface area (Å²) in [6.45, 7) is 2.06. The van der Waals surface area contributed by atoms with Crippen molar-refractivity contribution in [3.8, 4) is 0 Å². The molecule has 138 valence electrons. The lowest BCUT2D eigenvalue weighted by molar-refractivity contribution is 0.251. The molecule has 6 heteroatoms. The predicted octanol–water partition coefficient (Wildman–Crippen LogP) is 4.30. The molecule has 5 nitrogen and oxygen atoms in total. The van der Waals surface area contributed by atoms with Gasteiger partial charge in [-0.3, -0.25) is 4.98 Å². The van der Waals surface area contributed by atoms with Gasteiger partial charge in [0.1, 0.15) is 5.82 Å². The molecule has 0 aliphatic carbocycles. The SMILES string of the molecule is O=C(NCc1ccc(N2CCCC2)c(F)c1)Nc1cccc2cnccc12. The van der Waals surface area contributed by atoms with Gasteiger partial charge in [0, 0.05) is 42.8 Å². The highest BCUT2D eigenvalue weighted by atomic mass is 19.1. The molecule has 1 saturated heterocycles. The first-order chi connectivity index (χ1) is 13.2. The van der Waals surface area contributed by atoms with Crippen LogP contribution in [0.5, 0.6) is 0 Å². The minimum absolute atomic E-state index is 0.238. The van der Waals surface area contributed by atoms with Crippen LogP contribution in [0.15, 0.2) is 54.9 Å². The summed E-state index contributed by atoms with van der Waals surface area (Å²) in [6.07, 6.45) is 5.65. The number of nitrogens with one attached hydrogen (secondary N) is 2. The first-order valence-corrected chi connectivity index (χ1v) is 9.12. The molecule has 0 atom stereocenters. The van der Waals surface area contributed by atoms with E-state index in [9.17, 15) is 9.18 Å². The van der Waals surface area contributed by atoms with Crippen molar-refractivity contribution in [2.75, 3.05) is 23.3 Å². The molecule has 3 aromatic rings. The van der Waals surface area contributed by atoms with Gasteiger partial charge in [0.25, 0.3) is 0 Å². The highest BCUT2D eigenvalue weighted by Gasteiger charge is 2.16. The van der Waals surface area contributed by atoms with Crippen molar-refractivity contribution in [2.45, 2.75) is 19.4 Å². The number of amides is 2. The number of hydrogen-bond acceptors (Lipinski definition) is 3. The number of carbonyl (C=O) groups excluding carboxylic acids is 1. The molecule has 0 radical (unpaired) electrons. The number of carbonyl (C=O) groups is 1. The molecule has 4 rings (SSSR count). The number of urea groups is 1. The van der Waals surface area contributed by atoms with Crippen LogP contribution in [0.1, 0.15) is 18.4 Å². The van der Waals surface area contributed by atoms with Crippen LogP contribution in [0, 0.1) is 5.82 Å². The third-order valence-electron chi connectivity index (χ3n) is 4.84. The number of fused-ring (bicyclic) bond motifs is 1. The van der Waals surface area contributed by atoms with Crippen LogP contribution in [-0.2, 0) is 6.54 Å². The second kappa shape index (κ2) is 7.61. The van der Waals surface area contributed by atoms with Crippen molar-refractivity contribution in [3.05, 3.63) is 66.2 Å². The van der Waals surface area contributed by atoms with E-state index in [1.165, 1.54) is 6.07 Å². The average Bonchev–Trinajstić information content (AvgIpc) is 3.21. The maximum Gasteiger partial charge on any atom is 0.319 e. The van der Waals surface area contributed by atoms with Crippen molar-refractivity contribution < 1.29 is 9.18 Å². The fourth-order valence-electron chi connectivity index (χ4n) is 3.46. The van der Waals surface area contributed by atoms with Crippen LogP contribution >= 0.6 is 0 Å². The highest BCUT2D eigenvalue weighted by molar-refractivity contribution is 6.01. The van der Waals surface area contributed by atoms with Gasteiger partial charge in [-0.05, 0) is 42.7 Å². The molecule has 0 bridgehead atoms. The Bertz CT molecular complexity index is 964. The second-order valence-corrected chi connectivity index (χ2v) is 6.69. The van der Waals surface area contributed by atoms with Crippen molar-refractivity contribution in [1.29, 1.82) is 0 Å². The number of nitrogens with zero attached hydrogens (tertiary/aromatic N) is 2. The first-order valence-electron chi connectivity index (χ1n) is 9.12. The van der Waals surface area contributed by atoms with Gasteiger partial charge in [-0.15, -0.1) is 0 Å². The van der Waals surface area contributed by atoms with Crippen LogP contribution in [-0.4, -0.2) is 24.1 Å². The highest BCUT2D eigenvalue weighted by Crippen LogP contribution is 2.25. The van der Waals surface area contributed by atoms with Crippen LogP contribution in [0.25, 0.3) is 10.8 Å². The molecular weight excluding hydrogens is 343 g/mol. The van der Waals surface area contributed by atoms with Gasteiger partial charge in [-0.25, -0.2) is 9.18 Å². The number of rotatable bonds is 4. The summed E-state index contributed by atoms with van der Waals surface area (Å²) in [4.78, 5) is 18.4. The fourth-order valence-corrected chi connectivity index (χ4v) is 3.46. The minimum Gasteiger partial charge on any atom is -0.369 e. The van der Waals surface area contributed by atoms with Crippen molar-refractivity contribution in [2.24, 2.45) is 0 Å². The standard InChI is InChI=1S/C21H21FN4O/c22-18-12-15(6-7-20(18)26-10-1-2-11-26)13-24-21(27)25-19-5-3-4-16-14-23-9-8-17(16)19/h3-9,12,14H,1-2,10-11,13H2,(H2,24,25,27). The third kappa shape index (κ3) is 3.84. The van der Waals surface area contributed by atoms with Gasteiger partial charge in [-0.1, -0.05) is 18.2 Å². The Labute approximate surface area is 157 Å². The summed E-state index contributed by atoms with van der Waals surface area (Å²) in [5.74, 6) is -0.238. The van der Waals surface area contributed by atoms with Crippen molar-refractivity contribution in [3.63, 3.8) is 0 Å². The largest absolute Gasteiger partial charge is 0.369 e. The van der Waals surface area contributed by atoms with E-state index in [0.29, 0.717) is 11.4 Å². The molecule has 2 amide bonds. The Morgan fingerprint density at radius 3 is 2.81 bits per heavy atom. The number of pyridine rings is 1. The first kappa shape index (κ1) is 17.3. The molecule has 1 aliphatic heterocycles. The lowest BCUT2D eigenvalue weighted by atomic mass is 10.1. The fraction of sp³-hybridized carbons (Fsp3) is 0.238. The molecule has 2 aromatic carbocycles. The van der Waals surface area contributed by atoms with E-state index in [0.717, 1.165) is 42.3 Å². The maximum atomic E-state index is 14.4. The van der Waals surface area contributed by atoms with Crippen LogP contribution in [0.3, 0.4) is 0 Å². The number of aromatic nitrogens is 1. The van der Waals surface area contributed by atoms with E-state index in [4.69, 9.17) is 0 Å². The van der Waals surface area contributed by atoms with E-state index in [1.54, 1.807) is 18.5 Å². The minimum atomic E-state index is -0.330. The monoisotopic (exact) mass is 364 g/mol. The zero-order valence-electron chi connectivity index (χ0n) is 14.9.